The number of hydrogen-bond acceptors (Lipinski definition) is 6. The molecule has 2 aromatic heterocycles. The van der Waals surface area contributed by atoms with E-state index in [0.29, 0.717) is 18.5 Å². The second-order valence-corrected chi connectivity index (χ2v) is 7.36. The topological polar surface area (TPSA) is 104 Å². The van der Waals surface area contributed by atoms with Gasteiger partial charge in [-0.15, -0.1) is 11.3 Å². The maximum Gasteiger partial charge on any atom is 0.326 e. The Balaban J connectivity index is 1.65. The van der Waals surface area contributed by atoms with Crippen molar-refractivity contribution in [3.05, 3.63) is 52.7 Å². The molecule has 8 heteroatoms. The van der Waals surface area contributed by atoms with Crippen LogP contribution in [0.5, 0.6) is 0 Å². The fourth-order valence-electron chi connectivity index (χ4n) is 2.66. The molecule has 0 saturated carbocycles. The number of nitrogens with zero attached hydrogens (tertiary/aromatic N) is 2. The van der Waals surface area contributed by atoms with Crippen LogP contribution in [-0.4, -0.2) is 33.0 Å². The normalized spacial score (nSPS) is 11.9. The highest BCUT2D eigenvalue weighted by Gasteiger charge is 2.18. The molecule has 0 bridgehead atoms. The number of carbonyl (C=O) groups excluding carboxylic acids is 1. The second kappa shape index (κ2) is 8.13. The number of thiophene rings is 1. The lowest BCUT2D eigenvalue weighted by Gasteiger charge is -2.12. The predicted molar refractivity (Wildman–Crippen MR) is 105 cm³/mol. The van der Waals surface area contributed by atoms with Gasteiger partial charge >= 0.3 is 5.97 Å². The van der Waals surface area contributed by atoms with Crippen molar-refractivity contribution in [2.75, 3.05) is 5.32 Å². The Bertz CT molecular complexity index is 969. The van der Waals surface area contributed by atoms with Gasteiger partial charge in [0.25, 0.3) is 5.91 Å². The molecule has 0 saturated heterocycles. The fourth-order valence-corrected chi connectivity index (χ4v) is 3.50. The van der Waals surface area contributed by atoms with Crippen LogP contribution in [0.2, 0.25) is 0 Å². The van der Waals surface area contributed by atoms with E-state index < -0.39 is 17.9 Å². The molecule has 3 N–H and O–H groups in total. The van der Waals surface area contributed by atoms with Crippen LogP contribution >= 0.6 is 11.3 Å². The van der Waals surface area contributed by atoms with Gasteiger partial charge < -0.3 is 15.7 Å². The van der Waals surface area contributed by atoms with Crippen LogP contribution in [-0.2, 0) is 11.3 Å². The Kier molecular flexibility index (Phi) is 5.66. The highest BCUT2D eigenvalue weighted by molar-refractivity contribution is 7.18. The molecule has 7 nitrogen and oxygen atoms in total. The highest BCUT2D eigenvalue weighted by Crippen LogP contribution is 2.27. The molecule has 2 heterocycles. The average molecular weight is 384 g/mol. The standard InChI is InChI=1S/C19H20N4O3S/c1-3-15(19(25)26)23-17(24)13-6-4-12(5-7-13)9-20-16-14-8-11(2)27-18(14)22-10-21-16/h4-8,10,15H,3,9H2,1-2H3,(H,23,24)(H,25,26)(H,20,21,22). The minimum absolute atomic E-state index is 0.332. The van der Waals surface area contributed by atoms with E-state index >= 15 is 0 Å². The van der Waals surface area contributed by atoms with Gasteiger partial charge in [-0.2, -0.15) is 0 Å². The first kappa shape index (κ1) is 18.8. The number of amides is 1. The van der Waals surface area contributed by atoms with Crippen LogP contribution in [0, 0.1) is 6.92 Å². The van der Waals surface area contributed by atoms with Crippen molar-refractivity contribution in [2.24, 2.45) is 0 Å². The van der Waals surface area contributed by atoms with E-state index in [1.807, 2.05) is 19.1 Å². The van der Waals surface area contributed by atoms with E-state index in [1.165, 1.54) is 4.88 Å². The summed E-state index contributed by atoms with van der Waals surface area (Å²) < 4.78 is 0. The molecule has 0 aliphatic rings. The molecule has 27 heavy (non-hydrogen) atoms. The summed E-state index contributed by atoms with van der Waals surface area (Å²) in [6, 6.07) is 8.22. The number of nitrogens with one attached hydrogen (secondary N) is 2. The number of carboxylic acids is 1. The lowest BCUT2D eigenvalue weighted by Crippen LogP contribution is -2.40. The van der Waals surface area contributed by atoms with Gasteiger partial charge in [0.1, 0.15) is 23.0 Å². The summed E-state index contributed by atoms with van der Waals surface area (Å²) in [6.07, 6.45) is 1.87. The third-order valence-corrected chi connectivity index (χ3v) is 5.10. The van der Waals surface area contributed by atoms with Gasteiger partial charge in [-0.3, -0.25) is 4.79 Å². The van der Waals surface area contributed by atoms with E-state index in [9.17, 15) is 9.59 Å². The molecule has 140 valence electrons. The minimum Gasteiger partial charge on any atom is -0.480 e. The zero-order valence-electron chi connectivity index (χ0n) is 15.0. The summed E-state index contributed by atoms with van der Waals surface area (Å²) in [5.74, 6) is -0.653. The molecule has 0 aliphatic carbocycles. The lowest BCUT2D eigenvalue weighted by molar-refractivity contribution is -0.139. The number of aromatic nitrogens is 2. The lowest BCUT2D eigenvalue weighted by atomic mass is 10.1. The molecule has 1 atom stereocenters. The summed E-state index contributed by atoms with van der Waals surface area (Å²) in [7, 11) is 0. The molecular weight excluding hydrogens is 364 g/mol. The number of aliphatic carboxylic acids is 1. The molecule has 1 amide bonds. The molecule has 1 aromatic carbocycles. The Morgan fingerprint density at radius 2 is 1.96 bits per heavy atom. The Morgan fingerprint density at radius 3 is 2.63 bits per heavy atom. The first-order valence-corrected chi connectivity index (χ1v) is 9.37. The van der Waals surface area contributed by atoms with Crippen molar-refractivity contribution >= 4 is 39.2 Å². The predicted octanol–water partition coefficient (Wildman–Crippen LogP) is 3.20. The summed E-state index contributed by atoms with van der Waals surface area (Å²) in [6.45, 7) is 4.30. The van der Waals surface area contributed by atoms with Crippen LogP contribution in [0.25, 0.3) is 10.2 Å². The molecule has 3 aromatic rings. The van der Waals surface area contributed by atoms with Gasteiger partial charge in [-0.05, 0) is 37.1 Å². The van der Waals surface area contributed by atoms with Crippen molar-refractivity contribution in [3.63, 3.8) is 0 Å². The summed E-state index contributed by atoms with van der Waals surface area (Å²) in [4.78, 5) is 33.9. The van der Waals surface area contributed by atoms with Crippen molar-refractivity contribution in [2.45, 2.75) is 32.9 Å². The molecular formula is C19H20N4O3S. The van der Waals surface area contributed by atoms with Crippen LogP contribution < -0.4 is 10.6 Å². The maximum absolute atomic E-state index is 12.2. The van der Waals surface area contributed by atoms with Crippen molar-refractivity contribution in [1.82, 2.24) is 15.3 Å². The molecule has 0 fully saturated rings. The molecule has 3 rings (SSSR count). The van der Waals surface area contributed by atoms with Crippen LogP contribution in [0.4, 0.5) is 5.82 Å². The molecule has 0 radical (unpaired) electrons. The Morgan fingerprint density at radius 1 is 1.22 bits per heavy atom. The maximum atomic E-state index is 12.2. The fraction of sp³-hybridized carbons (Fsp3) is 0.263. The molecule has 0 spiro atoms. The van der Waals surface area contributed by atoms with Crippen LogP contribution in [0.3, 0.4) is 0 Å². The Labute approximate surface area is 160 Å². The minimum atomic E-state index is -1.04. The first-order valence-electron chi connectivity index (χ1n) is 8.55. The van der Waals surface area contributed by atoms with Crippen molar-refractivity contribution < 1.29 is 14.7 Å². The average Bonchev–Trinajstić information content (AvgIpc) is 3.05. The SMILES string of the molecule is CCC(NC(=O)c1ccc(CNc2ncnc3sc(C)cc23)cc1)C(=O)O. The number of benzene rings is 1. The molecule has 0 aliphatic heterocycles. The first-order chi connectivity index (χ1) is 13.0. The number of carboxylic acid groups (broad SMARTS) is 1. The zero-order valence-corrected chi connectivity index (χ0v) is 15.8. The largest absolute Gasteiger partial charge is 0.480 e. The van der Waals surface area contributed by atoms with Gasteiger partial charge in [0, 0.05) is 17.0 Å². The van der Waals surface area contributed by atoms with Gasteiger partial charge in [0.2, 0.25) is 0 Å². The van der Waals surface area contributed by atoms with Gasteiger partial charge in [-0.25, -0.2) is 14.8 Å². The Hall–Kier alpha value is -3.00. The van der Waals surface area contributed by atoms with E-state index in [0.717, 1.165) is 21.6 Å². The smallest absolute Gasteiger partial charge is 0.326 e. The number of fused-ring (bicyclic) bond motifs is 1. The van der Waals surface area contributed by atoms with Crippen molar-refractivity contribution in [1.29, 1.82) is 0 Å². The monoisotopic (exact) mass is 384 g/mol. The zero-order chi connectivity index (χ0) is 19.4. The second-order valence-electron chi connectivity index (χ2n) is 6.12. The third kappa shape index (κ3) is 4.40. The van der Waals surface area contributed by atoms with Crippen LogP contribution in [0.15, 0.2) is 36.7 Å². The quantitative estimate of drug-likeness (QED) is 0.578. The van der Waals surface area contributed by atoms with Gasteiger partial charge in [0.05, 0.1) is 5.39 Å². The highest BCUT2D eigenvalue weighted by atomic mass is 32.1. The number of carbonyl (C=O) groups is 2. The number of aryl methyl sites for hydroxylation is 1. The number of hydrogen-bond donors (Lipinski definition) is 3. The van der Waals surface area contributed by atoms with Crippen molar-refractivity contribution in [3.8, 4) is 0 Å². The number of anilines is 1. The van der Waals surface area contributed by atoms with Gasteiger partial charge in [-0.1, -0.05) is 19.1 Å². The van der Waals surface area contributed by atoms with Gasteiger partial charge in [0.15, 0.2) is 0 Å². The van der Waals surface area contributed by atoms with E-state index in [4.69, 9.17) is 5.11 Å². The molecule has 1 unspecified atom stereocenters. The van der Waals surface area contributed by atoms with E-state index in [-0.39, 0.29) is 0 Å². The van der Waals surface area contributed by atoms with E-state index in [1.54, 1.807) is 36.7 Å². The van der Waals surface area contributed by atoms with Crippen LogP contribution in [0.1, 0.15) is 34.1 Å². The summed E-state index contributed by atoms with van der Waals surface area (Å²) in [5, 5.41) is 15.8. The van der Waals surface area contributed by atoms with E-state index in [2.05, 4.69) is 26.7 Å². The summed E-state index contributed by atoms with van der Waals surface area (Å²) >= 11 is 1.62. The summed E-state index contributed by atoms with van der Waals surface area (Å²) in [5.41, 5.74) is 1.41. The number of rotatable bonds is 7. The third-order valence-electron chi connectivity index (χ3n) is 4.14.